The molecule has 3 heterocycles. The average Bonchev–Trinajstić information content (AvgIpc) is 3.10. The number of carbonyl (C=O) groups is 2. The lowest BCUT2D eigenvalue weighted by Gasteiger charge is -2.41. The van der Waals surface area contributed by atoms with Gasteiger partial charge in [-0.1, -0.05) is 19.3 Å². The van der Waals surface area contributed by atoms with Gasteiger partial charge in [-0.3, -0.25) is 14.6 Å². The second kappa shape index (κ2) is 12.5. The smallest absolute Gasteiger partial charge is 0.411 e. The molecule has 0 bridgehead atoms. The summed E-state index contributed by atoms with van der Waals surface area (Å²) in [6.45, 7) is 14.0. The summed E-state index contributed by atoms with van der Waals surface area (Å²) in [4.78, 5) is 32.8. The van der Waals surface area contributed by atoms with Gasteiger partial charge in [-0.15, -0.1) is 0 Å². The number of hydrogen-bond donors (Lipinski definition) is 0. The van der Waals surface area contributed by atoms with E-state index in [2.05, 4.69) is 35.5 Å². The summed E-state index contributed by atoms with van der Waals surface area (Å²) in [5, 5.41) is 0. The summed E-state index contributed by atoms with van der Waals surface area (Å²) < 4.78 is 10.5. The Hall–Kier alpha value is -1.38. The molecular weight excluding hydrogens is 432 g/mol. The second-order valence-electron chi connectivity index (χ2n) is 11.4. The van der Waals surface area contributed by atoms with Crippen molar-refractivity contribution in [1.29, 1.82) is 0 Å². The number of rotatable bonds is 10. The van der Waals surface area contributed by atoms with Gasteiger partial charge in [-0.05, 0) is 72.0 Å². The average molecular weight is 481 g/mol. The molecule has 0 spiro atoms. The van der Waals surface area contributed by atoms with E-state index >= 15 is 0 Å². The van der Waals surface area contributed by atoms with Crippen molar-refractivity contribution >= 4 is 12.1 Å². The fourth-order valence-electron chi connectivity index (χ4n) is 5.72. The number of amides is 1. The van der Waals surface area contributed by atoms with Gasteiger partial charge in [0, 0.05) is 45.2 Å². The second-order valence-corrected chi connectivity index (χ2v) is 11.4. The predicted octanol–water partition coefficient (Wildman–Crippen LogP) is 3.40. The number of likely N-dealkylation sites (N-methyl/N-ethyl adjacent to an activating group) is 1. The maximum absolute atomic E-state index is 12.3. The van der Waals surface area contributed by atoms with E-state index in [0.29, 0.717) is 6.42 Å². The normalized spacial score (nSPS) is 26.1. The fourth-order valence-corrected chi connectivity index (χ4v) is 5.72. The largest absolute Gasteiger partial charge is 0.469 e. The highest BCUT2D eigenvalue weighted by Gasteiger charge is 2.43. The van der Waals surface area contributed by atoms with E-state index in [9.17, 15) is 9.59 Å². The number of ether oxygens (including phenoxy) is 2. The van der Waals surface area contributed by atoms with Gasteiger partial charge in [-0.25, -0.2) is 4.79 Å². The lowest BCUT2D eigenvalue weighted by Crippen LogP contribution is -2.54. The molecule has 0 saturated carbocycles. The predicted molar refractivity (Wildman–Crippen MR) is 134 cm³/mol. The highest BCUT2D eigenvalue weighted by molar-refractivity contribution is 5.70. The maximum Gasteiger partial charge on any atom is 0.411 e. The van der Waals surface area contributed by atoms with Crippen molar-refractivity contribution in [3.8, 4) is 0 Å². The van der Waals surface area contributed by atoms with Crippen LogP contribution in [0, 0.1) is 5.92 Å². The number of likely N-dealkylation sites (tertiary alicyclic amines) is 1. The van der Waals surface area contributed by atoms with Crippen LogP contribution >= 0.6 is 0 Å². The van der Waals surface area contributed by atoms with Crippen LogP contribution in [0.15, 0.2) is 0 Å². The molecule has 196 valence electrons. The van der Waals surface area contributed by atoms with Crippen LogP contribution in [0.3, 0.4) is 0 Å². The van der Waals surface area contributed by atoms with Crippen LogP contribution in [0.4, 0.5) is 4.79 Å². The summed E-state index contributed by atoms with van der Waals surface area (Å²) in [7, 11) is 3.33. The topological polar surface area (TPSA) is 65.6 Å². The zero-order chi connectivity index (χ0) is 24.7. The lowest BCUT2D eigenvalue weighted by atomic mass is 9.88. The summed E-state index contributed by atoms with van der Waals surface area (Å²) >= 11 is 0. The van der Waals surface area contributed by atoms with E-state index in [1.54, 1.807) is 0 Å². The number of unbranched alkanes of at least 4 members (excludes halogenated alkanes) is 1. The summed E-state index contributed by atoms with van der Waals surface area (Å²) in [5.41, 5.74) is 0.286. The molecule has 0 radical (unpaired) electrons. The molecule has 3 aliphatic heterocycles. The van der Waals surface area contributed by atoms with E-state index in [0.717, 1.165) is 57.9 Å². The SMILES string of the molecule is COC(=O)CCCN1CCN(C2OC(=O)N(C)C2CCCCC2CCN(C(C)(C)C)CC2)CC1. The number of cyclic esters (lactones) is 1. The Balaban J connectivity index is 1.37. The third kappa shape index (κ3) is 7.56. The van der Waals surface area contributed by atoms with E-state index in [4.69, 9.17) is 9.47 Å². The van der Waals surface area contributed by atoms with Crippen LogP contribution in [-0.2, 0) is 14.3 Å². The van der Waals surface area contributed by atoms with Gasteiger partial charge >= 0.3 is 12.1 Å². The van der Waals surface area contributed by atoms with Crippen LogP contribution in [0.2, 0.25) is 0 Å². The first-order chi connectivity index (χ1) is 16.2. The van der Waals surface area contributed by atoms with Crippen molar-refractivity contribution in [3.63, 3.8) is 0 Å². The molecule has 3 fully saturated rings. The number of hydrogen-bond acceptors (Lipinski definition) is 7. The highest BCUT2D eigenvalue weighted by Crippen LogP contribution is 2.29. The monoisotopic (exact) mass is 480 g/mol. The molecule has 2 atom stereocenters. The van der Waals surface area contributed by atoms with Crippen molar-refractivity contribution in [2.24, 2.45) is 5.92 Å². The molecule has 2 unspecified atom stereocenters. The minimum atomic E-state index is -0.190. The van der Waals surface area contributed by atoms with Crippen LogP contribution in [0.5, 0.6) is 0 Å². The first-order valence-electron chi connectivity index (χ1n) is 13.4. The van der Waals surface area contributed by atoms with Crippen LogP contribution in [-0.4, -0.2) is 109 Å². The zero-order valence-electron chi connectivity index (χ0n) is 22.3. The summed E-state index contributed by atoms with van der Waals surface area (Å²) in [6.07, 6.45) is 8.30. The van der Waals surface area contributed by atoms with Gasteiger partial charge in [-0.2, -0.15) is 0 Å². The van der Waals surface area contributed by atoms with Crippen molar-refractivity contribution in [3.05, 3.63) is 0 Å². The van der Waals surface area contributed by atoms with Gasteiger partial charge in [0.25, 0.3) is 0 Å². The lowest BCUT2D eigenvalue weighted by molar-refractivity contribution is -0.140. The Morgan fingerprint density at radius 1 is 1.00 bits per heavy atom. The number of methoxy groups -OCH3 is 1. The van der Waals surface area contributed by atoms with Gasteiger partial charge < -0.3 is 19.3 Å². The van der Waals surface area contributed by atoms with Crippen LogP contribution < -0.4 is 0 Å². The van der Waals surface area contributed by atoms with Crippen molar-refractivity contribution in [1.82, 2.24) is 19.6 Å². The van der Waals surface area contributed by atoms with E-state index in [1.807, 2.05) is 11.9 Å². The van der Waals surface area contributed by atoms with Crippen molar-refractivity contribution < 1.29 is 19.1 Å². The number of nitrogens with zero attached hydrogens (tertiary/aromatic N) is 4. The van der Waals surface area contributed by atoms with Crippen LogP contribution in [0.25, 0.3) is 0 Å². The molecule has 0 aromatic heterocycles. The molecule has 34 heavy (non-hydrogen) atoms. The minimum Gasteiger partial charge on any atom is -0.469 e. The third-order valence-electron chi connectivity index (χ3n) is 8.11. The quantitative estimate of drug-likeness (QED) is 0.351. The number of carbonyl (C=O) groups excluding carboxylic acids is 2. The van der Waals surface area contributed by atoms with Crippen molar-refractivity contribution in [2.75, 3.05) is 60.0 Å². The number of piperazine rings is 1. The van der Waals surface area contributed by atoms with E-state index in [-0.39, 0.29) is 29.9 Å². The minimum absolute atomic E-state index is 0.134. The van der Waals surface area contributed by atoms with E-state index < -0.39 is 0 Å². The molecular formula is C26H48N4O4. The van der Waals surface area contributed by atoms with Gasteiger partial charge in [0.2, 0.25) is 0 Å². The molecule has 3 saturated heterocycles. The Labute approximate surface area is 206 Å². The standard InChI is InChI=1S/C26H48N4O4/c1-26(2,3)30-15-12-21(13-16-30)9-6-7-10-22-24(34-25(32)27(22)4)29-19-17-28(18-20-29)14-8-11-23(31)33-5/h21-22,24H,6-20H2,1-5H3. The van der Waals surface area contributed by atoms with Gasteiger partial charge in [0.15, 0.2) is 6.23 Å². The Morgan fingerprint density at radius 3 is 2.26 bits per heavy atom. The number of piperidine rings is 1. The van der Waals surface area contributed by atoms with Crippen molar-refractivity contribution in [2.45, 2.75) is 89.9 Å². The third-order valence-corrected chi connectivity index (χ3v) is 8.11. The zero-order valence-corrected chi connectivity index (χ0v) is 22.3. The molecule has 0 aromatic carbocycles. The Morgan fingerprint density at radius 2 is 1.65 bits per heavy atom. The summed E-state index contributed by atoms with van der Waals surface area (Å²) in [5.74, 6) is 0.707. The Bertz CT molecular complexity index is 652. The molecule has 3 rings (SSSR count). The van der Waals surface area contributed by atoms with Crippen LogP contribution in [0.1, 0.15) is 72.1 Å². The molecule has 0 aromatic rings. The fraction of sp³-hybridized carbons (Fsp3) is 0.923. The molecule has 1 amide bonds. The molecule has 0 N–H and O–H groups in total. The molecule has 8 nitrogen and oxygen atoms in total. The molecule has 8 heteroatoms. The van der Waals surface area contributed by atoms with Gasteiger partial charge in [0.05, 0.1) is 13.2 Å². The van der Waals surface area contributed by atoms with Gasteiger partial charge in [0.1, 0.15) is 0 Å². The maximum atomic E-state index is 12.3. The highest BCUT2D eigenvalue weighted by atomic mass is 16.6. The van der Waals surface area contributed by atoms with E-state index in [1.165, 1.54) is 45.9 Å². The first-order valence-corrected chi connectivity index (χ1v) is 13.4. The summed E-state index contributed by atoms with van der Waals surface area (Å²) in [6, 6.07) is 0.140. The Kier molecular flexibility index (Phi) is 10.0. The first kappa shape index (κ1) is 27.2. The molecule has 0 aliphatic carbocycles. The molecule has 3 aliphatic rings. The number of esters is 1.